The number of carbonyl (C=O) groups is 1. The van der Waals surface area contributed by atoms with Gasteiger partial charge in [-0.1, -0.05) is 13.0 Å². The van der Waals surface area contributed by atoms with E-state index >= 15 is 0 Å². The first-order valence-corrected chi connectivity index (χ1v) is 4.20. The molecule has 0 saturated carbocycles. The van der Waals surface area contributed by atoms with E-state index in [-0.39, 0.29) is 0 Å². The van der Waals surface area contributed by atoms with E-state index in [1.165, 1.54) is 0 Å². The lowest BCUT2D eigenvalue weighted by Gasteiger charge is -2.01. The van der Waals surface area contributed by atoms with Crippen molar-refractivity contribution in [3.8, 4) is 0 Å². The Balaban J connectivity index is 2.82. The van der Waals surface area contributed by atoms with Gasteiger partial charge >= 0.3 is 6.09 Å². The van der Waals surface area contributed by atoms with Gasteiger partial charge in [-0.25, -0.2) is 10.2 Å². The summed E-state index contributed by atoms with van der Waals surface area (Å²) in [4.78, 5) is 14.1. The van der Waals surface area contributed by atoms with E-state index in [4.69, 9.17) is 5.11 Å². The zero-order valence-electron chi connectivity index (χ0n) is 7.77. The molecule has 74 valence electrons. The van der Waals surface area contributed by atoms with Crippen molar-refractivity contribution in [1.29, 1.82) is 0 Å². The van der Waals surface area contributed by atoms with E-state index < -0.39 is 6.09 Å². The van der Waals surface area contributed by atoms with Crippen LogP contribution in [0.4, 0.5) is 4.79 Å². The van der Waals surface area contributed by atoms with Crippen molar-refractivity contribution >= 4 is 11.8 Å². The van der Waals surface area contributed by atoms with Crippen LogP contribution in [0.1, 0.15) is 18.9 Å². The fourth-order valence-corrected chi connectivity index (χ4v) is 0.996. The largest absolute Gasteiger partial charge is 0.464 e. The minimum Gasteiger partial charge on any atom is -0.464 e. The number of hydrogen-bond acceptors (Lipinski definition) is 3. The molecule has 0 saturated heterocycles. The lowest BCUT2D eigenvalue weighted by Crippen LogP contribution is -2.17. The summed E-state index contributed by atoms with van der Waals surface area (Å²) in [6, 6.07) is 3.61. The van der Waals surface area contributed by atoms with Crippen molar-refractivity contribution < 1.29 is 9.90 Å². The van der Waals surface area contributed by atoms with Crippen LogP contribution in [0.5, 0.6) is 0 Å². The van der Waals surface area contributed by atoms with E-state index in [1.807, 2.05) is 18.4 Å². The van der Waals surface area contributed by atoms with Gasteiger partial charge in [-0.15, -0.1) is 0 Å². The molecule has 1 rings (SSSR count). The maximum absolute atomic E-state index is 10.2. The first-order chi connectivity index (χ1) is 6.74. The molecule has 1 aromatic rings. The van der Waals surface area contributed by atoms with Gasteiger partial charge in [0.15, 0.2) is 0 Å². The molecule has 0 aliphatic heterocycles. The molecule has 0 aliphatic carbocycles. The number of aromatic nitrogens is 1. The Morgan fingerprint density at radius 2 is 2.50 bits per heavy atom. The molecule has 0 bridgehead atoms. The molecule has 0 spiro atoms. The third-order valence-corrected chi connectivity index (χ3v) is 1.62. The topological polar surface area (TPSA) is 74.6 Å². The molecule has 1 heterocycles. The van der Waals surface area contributed by atoms with E-state index in [0.29, 0.717) is 12.1 Å². The molecule has 14 heavy (non-hydrogen) atoms. The number of amides is 1. The molecule has 0 fully saturated rings. The van der Waals surface area contributed by atoms with Crippen LogP contribution in [-0.4, -0.2) is 21.9 Å². The second-order valence-corrected chi connectivity index (χ2v) is 2.57. The second kappa shape index (κ2) is 4.96. The molecule has 0 unspecified atom stereocenters. The van der Waals surface area contributed by atoms with Gasteiger partial charge in [0, 0.05) is 18.0 Å². The van der Waals surface area contributed by atoms with Crippen LogP contribution in [0, 0.1) is 0 Å². The Morgan fingerprint density at radius 3 is 3.00 bits per heavy atom. The lowest BCUT2D eigenvalue weighted by molar-refractivity contribution is 0.195. The summed E-state index contributed by atoms with van der Waals surface area (Å²) in [5, 5.41) is 12.1. The molecule has 2 N–H and O–H groups in total. The first kappa shape index (κ1) is 10.2. The second-order valence-electron chi connectivity index (χ2n) is 2.57. The highest BCUT2D eigenvalue weighted by Gasteiger charge is 2.01. The van der Waals surface area contributed by atoms with Crippen LogP contribution >= 0.6 is 0 Å². The smallest absolute Gasteiger partial charge is 0.425 e. The van der Waals surface area contributed by atoms with E-state index in [2.05, 4.69) is 10.1 Å². The van der Waals surface area contributed by atoms with E-state index in [0.717, 1.165) is 5.56 Å². The Bertz CT molecular complexity index is 335. The van der Waals surface area contributed by atoms with Crippen LogP contribution in [0.3, 0.4) is 0 Å². The summed E-state index contributed by atoms with van der Waals surface area (Å²) in [6.07, 6.45) is 2.78. The van der Waals surface area contributed by atoms with Gasteiger partial charge < -0.3 is 5.11 Å². The molecule has 0 aromatic carbocycles. The van der Waals surface area contributed by atoms with Crippen molar-refractivity contribution in [2.45, 2.75) is 13.3 Å². The Morgan fingerprint density at radius 1 is 1.71 bits per heavy atom. The zero-order valence-corrected chi connectivity index (χ0v) is 7.77. The summed E-state index contributed by atoms with van der Waals surface area (Å²) in [5.74, 6) is 0. The minimum absolute atomic E-state index is 0.645. The number of hydrazone groups is 1. The molecule has 5 heteroatoms. The number of nitrogens with zero attached hydrogens (tertiary/aromatic N) is 2. The van der Waals surface area contributed by atoms with Crippen LogP contribution in [0.15, 0.2) is 29.6 Å². The number of nitrogens with one attached hydrogen (secondary N) is 1. The SMILES string of the molecule is CC/C(=N/NC(=O)O)c1cccnc1. The third-order valence-electron chi connectivity index (χ3n) is 1.62. The molecule has 1 aromatic heterocycles. The average molecular weight is 193 g/mol. The van der Waals surface area contributed by atoms with E-state index in [9.17, 15) is 4.79 Å². The fraction of sp³-hybridized carbons (Fsp3) is 0.222. The van der Waals surface area contributed by atoms with Gasteiger partial charge in [0.1, 0.15) is 0 Å². The molecule has 0 atom stereocenters. The molecular weight excluding hydrogens is 182 g/mol. The standard InChI is InChI=1S/C9H11N3O2/c1-2-8(11-12-9(13)14)7-4-3-5-10-6-7/h3-6,12H,2H2,1H3,(H,13,14)/b11-8-. The van der Waals surface area contributed by atoms with Gasteiger partial charge in [-0.05, 0) is 12.5 Å². The molecule has 0 radical (unpaired) electrons. The normalized spacial score (nSPS) is 11.1. The zero-order chi connectivity index (χ0) is 10.4. The average Bonchev–Trinajstić information content (AvgIpc) is 2.20. The highest BCUT2D eigenvalue weighted by atomic mass is 16.4. The summed E-state index contributed by atoms with van der Waals surface area (Å²) in [6.45, 7) is 1.90. The van der Waals surface area contributed by atoms with Crippen molar-refractivity contribution in [3.05, 3.63) is 30.1 Å². The number of pyridine rings is 1. The third kappa shape index (κ3) is 2.85. The molecule has 5 nitrogen and oxygen atoms in total. The molecule has 1 amide bonds. The number of rotatable bonds is 3. The van der Waals surface area contributed by atoms with Gasteiger partial charge in [0.2, 0.25) is 0 Å². The quantitative estimate of drug-likeness (QED) is 0.563. The highest BCUT2D eigenvalue weighted by molar-refractivity contribution is 6.00. The maximum Gasteiger partial charge on any atom is 0.425 e. The Hall–Kier alpha value is -1.91. The number of hydrogen-bond donors (Lipinski definition) is 2. The van der Waals surface area contributed by atoms with Crippen molar-refractivity contribution in [1.82, 2.24) is 10.4 Å². The summed E-state index contributed by atoms with van der Waals surface area (Å²) in [7, 11) is 0. The fourth-order valence-electron chi connectivity index (χ4n) is 0.996. The molecular formula is C9H11N3O2. The van der Waals surface area contributed by atoms with Crippen LogP contribution in [0.25, 0.3) is 0 Å². The monoisotopic (exact) mass is 193 g/mol. The predicted octanol–water partition coefficient (Wildman–Crippen LogP) is 1.46. The van der Waals surface area contributed by atoms with Crippen LogP contribution in [0.2, 0.25) is 0 Å². The van der Waals surface area contributed by atoms with E-state index in [1.54, 1.807) is 18.5 Å². The van der Waals surface area contributed by atoms with Crippen molar-refractivity contribution in [2.75, 3.05) is 0 Å². The lowest BCUT2D eigenvalue weighted by atomic mass is 10.1. The summed E-state index contributed by atoms with van der Waals surface area (Å²) in [5.41, 5.74) is 3.46. The predicted molar refractivity (Wildman–Crippen MR) is 52.2 cm³/mol. The minimum atomic E-state index is -1.17. The Labute approximate surface area is 81.5 Å². The summed E-state index contributed by atoms with van der Waals surface area (Å²) < 4.78 is 0. The van der Waals surface area contributed by atoms with Gasteiger partial charge in [0.05, 0.1) is 5.71 Å². The maximum atomic E-state index is 10.2. The van der Waals surface area contributed by atoms with Gasteiger partial charge in [-0.3, -0.25) is 4.98 Å². The van der Waals surface area contributed by atoms with Gasteiger partial charge in [-0.2, -0.15) is 5.10 Å². The van der Waals surface area contributed by atoms with Crippen LogP contribution < -0.4 is 5.43 Å². The first-order valence-electron chi connectivity index (χ1n) is 4.20. The van der Waals surface area contributed by atoms with Crippen LogP contribution in [-0.2, 0) is 0 Å². The summed E-state index contributed by atoms with van der Waals surface area (Å²) >= 11 is 0. The Kier molecular flexibility index (Phi) is 3.60. The van der Waals surface area contributed by atoms with Gasteiger partial charge in [0.25, 0.3) is 0 Å². The number of carboxylic acid groups (broad SMARTS) is 1. The molecule has 0 aliphatic rings. The highest BCUT2D eigenvalue weighted by Crippen LogP contribution is 2.01. The van der Waals surface area contributed by atoms with Crippen molar-refractivity contribution in [2.24, 2.45) is 5.10 Å². The van der Waals surface area contributed by atoms with Crippen molar-refractivity contribution in [3.63, 3.8) is 0 Å².